The number of esters is 2. The second kappa shape index (κ2) is 17.6. The Morgan fingerprint density at radius 1 is 0.614 bits per heavy atom. The van der Waals surface area contributed by atoms with E-state index in [4.69, 9.17) is 18.9 Å². The zero-order valence-corrected chi connectivity index (χ0v) is 24.6. The summed E-state index contributed by atoms with van der Waals surface area (Å²) in [7, 11) is 0. The van der Waals surface area contributed by atoms with E-state index in [2.05, 4.69) is 13.2 Å². The van der Waals surface area contributed by atoms with Gasteiger partial charge in [-0.2, -0.15) is 13.2 Å². The molecule has 0 unspecified atom stereocenters. The number of carbonyl (C=O) groups is 2. The van der Waals surface area contributed by atoms with E-state index in [1.165, 1.54) is 6.07 Å². The quantitative estimate of drug-likeness (QED) is 0.0630. The van der Waals surface area contributed by atoms with Crippen molar-refractivity contribution in [1.82, 2.24) is 0 Å². The Labute approximate surface area is 256 Å². The predicted molar refractivity (Wildman–Crippen MR) is 161 cm³/mol. The number of aryl methyl sites for hydroxylation is 4. The number of ether oxygens (including phenoxy) is 4. The Morgan fingerprint density at radius 3 is 1.45 bits per heavy atom. The maximum Gasteiger partial charge on any atom is 0.416 e. The first kappa shape index (κ1) is 34.0. The number of carbonyl (C=O) groups excluding carboxylic acids is 2. The van der Waals surface area contributed by atoms with Crippen LogP contribution in [0.4, 0.5) is 13.2 Å². The normalized spacial score (nSPS) is 11.0. The molecule has 0 aliphatic heterocycles. The molecule has 0 aliphatic rings. The second-order valence-corrected chi connectivity index (χ2v) is 10.1. The van der Waals surface area contributed by atoms with Crippen LogP contribution in [0, 0.1) is 0 Å². The second-order valence-electron chi connectivity index (χ2n) is 10.1. The average Bonchev–Trinajstić information content (AvgIpc) is 3.02. The molecule has 9 heteroatoms. The Hall–Kier alpha value is -4.53. The molecule has 3 rings (SSSR count). The van der Waals surface area contributed by atoms with Gasteiger partial charge >= 0.3 is 18.1 Å². The summed E-state index contributed by atoms with van der Waals surface area (Å²) in [5.41, 5.74) is 2.58. The predicted octanol–water partition coefficient (Wildman–Crippen LogP) is 7.97. The first-order valence-electron chi connectivity index (χ1n) is 14.4. The summed E-state index contributed by atoms with van der Waals surface area (Å²) in [4.78, 5) is 22.1. The molecule has 0 N–H and O–H groups in total. The molecule has 234 valence electrons. The lowest BCUT2D eigenvalue weighted by molar-refractivity contribution is -0.145. The van der Waals surface area contributed by atoms with Gasteiger partial charge < -0.3 is 18.9 Å². The van der Waals surface area contributed by atoms with Gasteiger partial charge in [0.1, 0.15) is 11.5 Å². The van der Waals surface area contributed by atoms with E-state index < -0.39 is 23.7 Å². The number of alkyl halides is 3. The van der Waals surface area contributed by atoms with Crippen molar-refractivity contribution in [3.63, 3.8) is 0 Å². The highest BCUT2D eigenvalue weighted by atomic mass is 19.4. The number of halogens is 3. The fourth-order valence-corrected chi connectivity index (χ4v) is 4.50. The lowest BCUT2D eigenvalue weighted by atomic mass is 9.95. The monoisotopic (exact) mass is 610 g/mol. The minimum absolute atomic E-state index is 0.201. The Balaban J connectivity index is 1.41. The summed E-state index contributed by atoms with van der Waals surface area (Å²) in [5.74, 6) is -0.0169. The third-order valence-electron chi connectivity index (χ3n) is 6.86. The number of benzene rings is 3. The smallest absolute Gasteiger partial charge is 0.416 e. The van der Waals surface area contributed by atoms with Crippen LogP contribution in [0.5, 0.6) is 11.5 Å². The summed E-state index contributed by atoms with van der Waals surface area (Å²) < 4.78 is 61.9. The first-order chi connectivity index (χ1) is 21.2. The van der Waals surface area contributed by atoms with E-state index in [0.29, 0.717) is 41.9 Å². The molecule has 0 atom stereocenters. The minimum Gasteiger partial charge on any atom is -0.457 e. The fourth-order valence-electron chi connectivity index (χ4n) is 4.50. The summed E-state index contributed by atoms with van der Waals surface area (Å²) in [6.45, 7) is 6.21. The highest BCUT2D eigenvalue weighted by Gasteiger charge is 2.33. The molecule has 44 heavy (non-hydrogen) atoms. The summed E-state index contributed by atoms with van der Waals surface area (Å²) in [6, 6.07) is 19.4. The van der Waals surface area contributed by atoms with E-state index in [1.54, 1.807) is 36.4 Å². The summed E-state index contributed by atoms with van der Waals surface area (Å²) in [5, 5.41) is 0. The molecule has 3 aromatic carbocycles. The van der Waals surface area contributed by atoms with Gasteiger partial charge in [-0.1, -0.05) is 49.6 Å². The number of hydrogen-bond acceptors (Lipinski definition) is 6. The Morgan fingerprint density at radius 2 is 1.02 bits per heavy atom. The molecule has 0 aliphatic carbocycles. The lowest BCUT2D eigenvalue weighted by Crippen LogP contribution is -2.10. The van der Waals surface area contributed by atoms with Crippen molar-refractivity contribution < 1.29 is 41.7 Å². The molecule has 0 aromatic heterocycles. The van der Waals surface area contributed by atoms with Crippen LogP contribution in [0.25, 0.3) is 0 Å². The molecule has 3 aromatic rings. The summed E-state index contributed by atoms with van der Waals surface area (Å²) in [6.07, 6.45) is 3.09. The molecule has 0 heterocycles. The molecular weight excluding hydrogens is 573 g/mol. The van der Waals surface area contributed by atoms with E-state index in [9.17, 15) is 22.8 Å². The van der Waals surface area contributed by atoms with Gasteiger partial charge in [-0.25, -0.2) is 9.59 Å². The van der Waals surface area contributed by atoms with Crippen molar-refractivity contribution >= 4 is 11.9 Å². The topological polar surface area (TPSA) is 71.1 Å². The van der Waals surface area contributed by atoms with Crippen LogP contribution in [0.15, 0.2) is 92.0 Å². The largest absolute Gasteiger partial charge is 0.457 e. The van der Waals surface area contributed by atoms with Gasteiger partial charge in [-0.3, -0.25) is 0 Å². The van der Waals surface area contributed by atoms with Gasteiger partial charge in [0.15, 0.2) is 0 Å². The highest BCUT2D eigenvalue weighted by Crippen LogP contribution is 2.34. The molecule has 0 fully saturated rings. The van der Waals surface area contributed by atoms with E-state index >= 15 is 0 Å². The molecule has 6 nitrogen and oxygen atoms in total. The summed E-state index contributed by atoms with van der Waals surface area (Å²) >= 11 is 0. The van der Waals surface area contributed by atoms with Crippen LogP contribution in [-0.4, -0.2) is 25.5 Å². The van der Waals surface area contributed by atoms with Crippen molar-refractivity contribution in [3.8, 4) is 11.5 Å². The Kier molecular flexibility index (Phi) is 13.6. The zero-order valence-electron chi connectivity index (χ0n) is 24.6. The molecule has 0 amide bonds. The lowest BCUT2D eigenvalue weighted by Gasteiger charge is -2.15. The van der Waals surface area contributed by atoms with Gasteiger partial charge in [-0.15, -0.1) is 0 Å². The molecular formula is C35H37F3O6. The van der Waals surface area contributed by atoms with Crippen LogP contribution < -0.4 is 9.47 Å². The standard InChI is InChI=1S/C35H37F3O6/c1-3-33(39)43-24-41-30-19-14-26(15-20-30)9-5-6-11-28-13-18-29(32(23-28)35(36,37)38)12-8-7-10-27-16-21-31(22-17-27)42-25-44-34(40)4-2/h3-4,13-23H,1-2,5-12,24-25H2. The molecule has 0 bridgehead atoms. The first-order valence-corrected chi connectivity index (χ1v) is 14.4. The van der Waals surface area contributed by atoms with Crippen molar-refractivity contribution in [1.29, 1.82) is 0 Å². The van der Waals surface area contributed by atoms with Crippen LogP contribution >= 0.6 is 0 Å². The minimum atomic E-state index is -4.41. The van der Waals surface area contributed by atoms with E-state index in [1.807, 2.05) is 24.3 Å². The van der Waals surface area contributed by atoms with Crippen LogP contribution in [0.1, 0.15) is 53.5 Å². The van der Waals surface area contributed by atoms with Gasteiger partial charge in [0, 0.05) is 12.2 Å². The zero-order chi connectivity index (χ0) is 31.8. The van der Waals surface area contributed by atoms with Gasteiger partial charge in [0.05, 0.1) is 5.56 Å². The molecule has 0 saturated heterocycles. The molecule has 0 saturated carbocycles. The molecule has 0 spiro atoms. The van der Waals surface area contributed by atoms with E-state index in [-0.39, 0.29) is 13.6 Å². The van der Waals surface area contributed by atoms with Crippen LogP contribution in [-0.2, 0) is 50.9 Å². The van der Waals surface area contributed by atoms with Crippen LogP contribution in [0.2, 0.25) is 0 Å². The number of hydrogen-bond donors (Lipinski definition) is 0. The van der Waals surface area contributed by atoms with Crippen molar-refractivity contribution in [2.75, 3.05) is 13.6 Å². The molecule has 0 radical (unpaired) electrons. The number of unbranched alkanes of at least 4 members (excludes halogenated alkanes) is 2. The van der Waals surface area contributed by atoms with E-state index in [0.717, 1.165) is 55.4 Å². The average molecular weight is 611 g/mol. The van der Waals surface area contributed by atoms with Crippen LogP contribution in [0.3, 0.4) is 0 Å². The number of rotatable bonds is 18. The fraction of sp³-hybridized carbons (Fsp3) is 0.314. The van der Waals surface area contributed by atoms with Crippen molar-refractivity contribution in [2.45, 2.75) is 57.5 Å². The maximum absolute atomic E-state index is 13.9. The van der Waals surface area contributed by atoms with Gasteiger partial charge in [-0.05, 0) is 104 Å². The van der Waals surface area contributed by atoms with Crippen molar-refractivity contribution in [3.05, 3.63) is 120 Å². The maximum atomic E-state index is 13.9. The third kappa shape index (κ3) is 12.0. The SMILES string of the molecule is C=CC(=O)OCOc1ccc(CCCCc2ccc(CCCCc3ccc(OCOC(=O)C=C)cc3)c(C(F)(F)F)c2)cc1. The van der Waals surface area contributed by atoms with Gasteiger partial charge in [0.25, 0.3) is 0 Å². The van der Waals surface area contributed by atoms with Crippen molar-refractivity contribution in [2.24, 2.45) is 0 Å². The van der Waals surface area contributed by atoms with Gasteiger partial charge in [0.2, 0.25) is 13.6 Å². The third-order valence-corrected chi connectivity index (χ3v) is 6.86. The Bertz CT molecular complexity index is 1360. The highest BCUT2D eigenvalue weighted by molar-refractivity contribution is 5.81.